The van der Waals surface area contributed by atoms with E-state index in [-0.39, 0.29) is 0 Å². The van der Waals surface area contributed by atoms with E-state index in [1.807, 2.05) is 0 Å². The Bertz CT molecular complexity index is 595. The van der Waals surface area contributed by atoms with Crippen LogP contribution in [0, 0.1) is 5.92 Å². The maximum absolute atomic E-state index is 4.87. The Balaban J connectivity index is 1.43. The average molecular weight is 436 g/mol. The van der Waals surface area contributed by atoms with Gasteiger partial charge in [0.25, 0.3) is 0 Å². The van der Waals surface area contributed by atoms with Gasteiger partial charge in [0.05, 0.1) is 0 Å². The Morgan fingerprint density at radius 3 is 2.52 bits per heavy atom. The fourth-order valence-corrected chi connectivity index (χ4v) is 4.26. The number of guanidine groups is 1. The van der Waals surface area contributed by atoms with Crippen LogP contribution in [0.2, 0.25) is 0 Å². The average Bonchev–Trinajstić information content (AvgIpc) is 3.09. The van der Waals surface area contributed by atoms with Crippen molar-refractivity contribution in [2.45, 2.75) is 38.8 Å². The third kappa shape index (κ3) is 6.77. The highest BCUT2D eigenvalue weighted by atomic mass is 79.9. The van der Waals surface area contributed by atoms with Crippen LogP contribution in [0.4, 0.5) is 0 Å². The monoisotopic (exact) mass is 435 g/mol. The minimum absolute atomic E-state index is 0.523. The van der Waals surface area contributed by atoms with Gasteiger partial charge in [0, 0.05) is 49.8 Å². The third-order valence-corrected chi connectivity index (χ3v) is 6.12. The van der Waals surface area contributed by atoms with Crippen molar-refractivity contribution in [2.75, 3.05) is 46.3 Å². The molecule has 1 aromatic carbocycles. The smallest absolute Gasteiger partial charge is 0.191 e. The van der Waals surface area contributed by atoms with Crippen LogP contribution in [-0.2, 0) is 6.54 Å². The fourth-order valence-electron chi connectivity index (χ4n) is 3.99. The van der Waals surface area contributed by atoms with E-state index in [0.717, 1.165) is 43.2 Å². The zero-order chi connectivity index (χ0) is 19.1. The summed E-state index contributed by atoms with van der Waals surface area (Å²) < 4.78 is 1.15. The van der Waals surface area contributed by atoms with Gasteiger partial charge in [-0.1, -0.05) is 28.1 Å². The number of hydrogen-bond donors (Lipinski definition) is 2. The molecule has 0 saturated carbocycles. The normalized spacial score (nSPS) is 22.9. The van der Waals surface area contributed by atoms with E-state index >= 15 is 0 Å². The highest BCUT2D eigenvalue weighted by molar-refractivity contribution is 9.10. The molecule has 1 unspecified atom stereocenters. The molecular weight excluding hydrogens is 402 g/mol. The molecule has 27 heavy (non-hydrogen) atoms. The van der Waals surface area contributed by atoms with Crippen molar-refractivity contribution in [3.63, 3.8) is 0 Å². The minimum atomic E-state index is 0.523. The minimum Gasteiger partial charge on any atom is -0.357 e. The van der Waals surface area contributed by atoms with Crippen molar-refractivity contribution in [2.24, 2.45) is 10.9 Å². The van der Waals surface area contributed by atoms with Crippen LogP contribution in [0.5, 0.6) is 0 Å². The number of piperidine rings is 1. The van der Waals surface area contributed by atoms with Crippen molar-refractivity contribution >= 4 is 21.9 Å². The predicted molar refractivity (Wildman–Crippen MR) is 117 cm³/mol. The maximum atomic E-state index is 4.87. The highest BCUT2D eigenvalue weighted by Gasteiger charge is 2.21. The van der Waals surface area contributed by atoms with Crippen molar-refractivity contribution in [1.82, 2.24) is 20.4 Å². The van der Waals surface area contributed by atoms with E-state index in [1.165, 1.54) is 37.9 Å². The van der Waals surface area contributed by atoms with Gasteiger partial charge in [-0.3, -0.25) is 9.89 Å². The molecule has 1 atom stereocenters. The zero-order valence-electron chi connectivity index (χ0n) is 16.8. The number of halogens is 1. The summed E-state index contributed by atoms with van der Waals surface area (Å²) in [5, 5.41) is 7.10. The van der Waals surface area contributed by atoms with Gasteiger partial charge < -0.3 is 15.5 Å². The Kier molecular flexibility index (Phi) is 7.97. The Morgan fingerprint density at radius 1 is 1.15 bits per heavy atom. The lowest BCUT2D eigenvalue weighted by atomic mass is 10.0. The standard InChI is InChI=1S/C21H34BrN5/c1-3-23-21(24-14-18-8-11-26(2)15-18)25-20-9-12-27(13-10-20)16-17-4-6-19(22)7-5-17/h4-7,18,20H,3,8-16H2,1-2H3,(H2,23,24,25). The first kappa shape index (κ1) is 20.6. The lowest BCUT2D eigenvalue weighted by molar-refractivity contribution is 0.198. The molecule has 6 heteroatoms. The van der Waals surface area contributed by atoms with Gasteiger partial charge in [-0.25, -0.2) is 0 Å². The van der Waals surface area contributed by atoms with Crippen LogP contribution in [0.3, 0.4) is 0 Å². The molecule has 2 heterocycles. The summed E-state index contributed by atoms with van der Waals surface area (Å²) in [6.45, 7) is 9.70. The number of likely N-dealkylation sites (tertiary alicyclic amines) is 2. The summed E-state index contributed by atoms with van der Waals surface area (Å²) in [6.07, 6.45) is 3.62. The number of hydrogen-bond acceptors (Lipinski definition) is 3. The van der Waals surface area contributed by atoms with Gasteiger partial charge in [-0.2, -0.15) is 0 Å². The summed E-state index contributed by atoms with van der Waals surface area (Å²) >= 11 is 3.51. The molecule has 0 spiro atoms. The van der Waals surface area contributed by atoms with Crippen LogP contribution in [-0.4, -0.2) is 68.1 Å². The van der Waals surface area contributed by atoms with Gasteiger partial charge in [-0.15, -0.1) is 0 Å². The number of nitrogens with zero attached hydrogens (tertiary/aromatic N) is 3. The number of rotatable bonds is 6. The predicted octanol–water partition coefficient (Wildman–Crippen LogP) is 2.92. The number of aliphatic imine (C=N–C) groups is 1. The van der Waals surface area contributed by atoms with Gasteiger partial charge in [0.15, 0.2) is 5.96 Å². The molecule has 5 nitrogen and oxygen atoms in total. The summed E-state index contributed by atoms with van der Waals surface area (Å²) in [5.74, 6) is 1.71. The largest absolute Gasteiger partial charge is 0.357 e. The second-order valence-electron chi connectivity index (χ2n) is 7.96. The third-order valence-electron chi connectivity index (χ3n) is 5.59. The van der Waals surface area contributed by atoms with Crippen LogP contribution in [0.25, 0.3) is 0 Å². The molecule has 0 aliphatic carbocycles. The highest BCUT2D eigenvalue weighted by Crippen LogP contribution is 2.17. The zero-order valence-corrected chi connectivity index (χ0v) is 18.3. The van der Waals surface area contributed by atoms with Crippen molar-refractivity contribution < 1.29 is 0 Å². The molecule has 2 aliphatic rings. The summed E-state index contributed by atoms with van der Waals surface area (Å²) in [4.78, 5) is 9.83. The SMILES string of the molecule is CCNC(=NCC1CCN(C)C1)NC1CCN(Cc2ccc(Br)cc2)CC1. The fraction of sp³-hybridized carbons (Fsp3) is 0.667. The van der Waals surface area contributed by atoms with Gasteiger partial charge in [-0.05, 0) is 63.4 Å². The van der Waals surface area contributed by atoms with Crippen LogP contribution >= 0.6 is 15.9 Å². The summed E-state index contributed by atoms with van der Waals surface area (Å²) in [6, 6.07) is 9.21. The van der Waals surface area contributed by atoms with Gasteiger partial charge >= 0.3 is 0 Å². The molecule has 3 rings (SSSR count). The molecule has 2 saturated heterocycles. The molecule has 0 amide bonds. The lowest BCUT2D eigenvalue weighted by Gasteiger charge is -2.33. The van der Waals surface area contributed by atoms with Gasteiger partial charge in [0.2, 0.25) is 0 Å². The van der Waals surface area contributed by atoms with Crippen molar-refractivity contribution in [3.8, 4) is 0 Å². The topological polar surface area (TPSA) is 42.9 Å². The van der Waals surface area contributed by atoms with E-state index in [9.17, 15) is 0 Å². The second kappa shape index (κ2) is 10.4. The molecule has 0 radical (unpaired) electrons. The molecule has 1 aromatic rings. The number of nitrogens with one attached hydrogen (secondary N) is 2. The van der Waals surface area contributed by atoms with E-state index < -0.39 is 0 Å². The lowest BCUT2D eigenvalue weighted by Crippen LogP contribution is -2.48. The van der Waals surface area contributed by atoms with E-state index in [1.54, 1.807) is 0 Å². The molecule has 0 aromatic heterocycles. The van der Waals surface area contributed by atoms with Gasteiger partial charge in [0.1, 0.15) is 0 Å². The maximum Gasteiger partial charge on any atom is 0.191 e. The second-order valence-corrected chi connectivity index (χ2v) is 8.87. The summed E-state index contributed by atoms with van der Waals surface area (Å²) in [7, 11) is 2.20. The van der Waals surface area contributed by atoms with Crippen molar-refractivity contribution in [1.29, 1.82) is 0 Å². The van der Waals surface area contributed by atoms with E-state index in [2.05, 4.69) is 74.6 Å². The Morgan fingerprint density at radius 2 is 1.89 bits per heavy atom. The summed E-state index contributed by atoms with van der Waals surface area (Å²) in [5.41, 5.74) is 1.39. The Hall–Kier alpha value is -1.11. The molecule has 0 bridgehead atoms. The molecule has 2 N–H and O–H groups in total. The van der Waals surface area contributed by atoms with E-state index in [4.69, 9.17) is 4.99 Å². The number of benzene rings is 1. The van der Waals surface area contributed by atoms with Crippen LogP contribution in [0.15, 0.2) is 33.7 Å². The first-order valence-electron chi connectivity index (χ1n) is 10.3. The molecular formula is C21H34BrN5. The molecule has 2 aliphatic heterocycles. The van der Waals surface area contributed by atoms with Crippen molar-refractivity contribution in [3.05, 3.63) is 34.3 Å². The molecule has 2 fully saturated rings. The molecule has 150 valence electrons. The van der Waals surface area contributed by atoms with E-state index in [0.29, 0.717) is 12.0 Å². The van der Waals surface area contributed by atoms with Crippen LogP contribution in [0.1, 0.15) is 31.7 Å². The first-order valence-corrected chi connectivity index (χ1v) is 11.1. The quantitative estimate of drug-likeness (QED) is 0.532. The van der Waals surface area contributed by atoms with Crippen LogP contribution < -0.4 is 10.6 Å². The Labute approximate surface area is 172 Å². The first-order chi connectivity index (χ1) is 13.1.